The Balaban J connectivity index is 1.81. The van der Waals surface area contributed by atoms with E-state index in [1.54, 1.807) is 11.8 Å². The van der Waals surface area contributed by atoms with Crippen LogP contribution in [0.4, 0.5) is 0 Å². The van der Waals surface area contributed by atoms with E-state index in [0.717, 1.165) is 23.3 Å². The van der Waals surface area contributed by atoms with Gasteiger partial charge in [0.05, 0.1) is 12.4 Å². The van der Waals surface area contributed by atoms with Crippen LogP contribution in [0.25, 0.3) is 0 Å². The normalized spacial score (nSPS) is 16.1. The zero-order valence-electron chi connectivity index (χ0n) is 12.0. The zero-order valence-corrected chi connectivity index (χ0v) is 12.9. The topological polar surface area (TPSA) is 40.5 Å². The van der Waals surface area contributed by atoms with Crippen LogP contribution in [0, 0.1) is 0 Å². The van der Waals surface area contributed by atoms with E-state index in [4.69, 9.17) is 5.11 Å². The number of hydrogen-bond donors (Lipinski definition) is 1. The van der Waals surface area contributed by atoms with Gasteiger partial charge in [-0.3, -0.25) is 4.79 Å². The monoisotopic (exact) mass is 293 g/mol. The van der Waals surface area contributed by atoms with Crippen molar-refractivity contribution in [1.29, 1.82) is 0 Å². The fraction of sp³-hybridized carbons (Fsp3) is 0.562. The number of aliphatic hydroxyl groups excluding tert-OH is 1. The van der Waals surface area contributed by atoms with Gasteiger partial charge in [-0.1, -0.05) is 31.4 Å². The Bertz CT molecular complexity index is 427. The Morgan fingerprint density at radius 3 is 2.50 bits per heavy atom. The number of thioether (sulfide) groups is 1. The number of hydrogen-bond acceptors (Lipinski definition) is 3. The lowest BCUT2D eigenvalue weighted by Gasteiger charge is -2.31. The van der Waals surface area contributed by atoms with Crippen molar-refractivity contribution in [2.45, 2.75) is 49.6 Å². The Morgan fingerprint density at radius 2 is 1.90 bits per heavy atom. The van der Waals surface area contributed by atoms with Gasteiger partial charge in [0.1, 0.15) is 0 Å². The highest BCUT2D eigenvalue weighted by Crippen LogP contribution is 2.24. The minimum absolute atomic E-state index is 0.0638. The third-order valence-electron chi connectivity index (χ3n) is 3.98. The highest BCUT2D eigenvalue weighted by molar-refractivity contribution is 8.00. The summed E-state index contributed by atoms with van der Waals surface area (Å²) in [5.41, 5.74) is 0.903. The van der Waals surface area contributed by atoms with Crippen LogP contribution in [0.15, 0.2) is 29.2 Å². The standard InChI is InChI=1S/C16H23NO2S/c1-17(14-5-3-2-4-6-14)16(19)12-20-15-9-7-13(11-18)8-10-15/h7-10,14,18H,2-6,11-12H2,1H3. The fourth-order valence-corrected chi connectivity index (χ4v) is 3.43. The molecule has 0 unspecified atom stereocenters. The molecule has 110 valence electrons. The van der Waals surface area contributed by atoms with E-state index in [-0.39, 0.29) is 12.5 Å². The van der Waals surface area contributed by atoms with Crippen LogP contribution in [0.5, 0.6) is 0 Å². The smallest absolute Gasteiger partial charge is 0.232 e. The summed E-state index contributed by atoms with van der Waals surface area (Å²) in [7, 11) is 1.94. The van der Waals surface area contributed by atoms with Crippen LogP contribution < -0.4 is 0 Å². The van der Waals surface area contributed by atoms with Crippen LogP contribution in [0.1, 0.15) is 37.7 Å². The number of aliphatic hydroxyl groups is 1. The van der Waals surface area contributed by atoms with Crippen LogP contribution in [0.2, 0.25) is 0 Å². The second-order valence-corrected chi connectivity index (χ2v) is 6.44. The van der Waals surface area contributed by atoms with Gasteiger partial charge in [0.15, 0.2) is 0 Å². The maximum Gasteiger partial charge on any atom is 0.232 e. The highest BCUT2D eigenvalue weighted by Gasteiger charge is 2.21. The summed E-state index contributed by atoms with van der Waals surface area (Å²) in [6, 6.07) is 8.16. The summed E-state index contributed by atoms with van der Waals surface area (Å²) in [6.07, 6.45) is 6.11. The van der Waals surface area contributed by atoms with E-state index in [2.05, 4.69) is 0 Å². The Kier molecular flexibility index (Phi) is 5.92. The van der Waals surface area contributed by atoms with Crippen molar-refractivity contribution in [2.75, 3.05) is 12.8 Å². The third kappa shape index (κ3) is 4.25. The molecule has 0 heterocycles. The molecule has 1 aliphatic carbocycles. The third-order valence-corrected chi connectivity index (χ3v) is 4.98. The summed E-state index contributed by atoms with van der Waals surface area (Å²) in [5.74, 6) is 0.707. The van der Waals surface area contributed by atoms with E-state index in [1.165, 1.54) is 19.3 Å². The molecule has 0 radical (unpaired) electrons. The maximum absolute atomic E-state index is 12.2. The van der Waals surface area contributed by atoms with Gasteiger partial charge in [-0.15, -0.1) is 11.8 Å². The van der Waals surface area contributed by atoms with Gasteiger partial charge in [-0.25, -0.2) is 0 Å². The van der Waals surface area contributed by atoms with E-state index in [0.29, 0.717) is 11.8 Å². The van der Waals surface area contributed by atoms with Gasteiger partial charge < -0.3 is 10.0 Å². The van der Waals surface area contributed by atoms with E-state index in [1.807, 2.05) is 36.2 Å². The molecule has 4 heteroatoms. The van der Waals surface area contributed by atoms with Crippen molar-refractivity contribution in [3.63, 3.8) is 0 Å². The van der Waals surface area contributed by atoms with Gasteiger partial charge >= 0.3 is 0 Å². The molecule has 0 aromatic heterocycles. The average molecular weight is 293 g/mol. The molecular weight excluding hydrogens is 270 g/mol. The van der Waals surface area contributed by atoms with Crippen molar-refractivity contribution in [3.05, 3.63) is 29.8 Å². The molecule has 0 aliphatic heterocycles. The van der Waals surface area contributed by atoms with Gasteiger partial charge in [0.25, 0.3) is 0 Å². The van der Waals surface area contributed by atoms with Crippen LogP contribution in [0.3, 0.4) is 0 Å². The summed E-state index contributed by atoms with van der Waals surface area (Å²) in [4.78, 5) is 15.2. The van der Waals surface area contributed by atoms with Crippen molar-refractivity contribution >= 4 is 17.7 Å². The summed E-state index contributed by atoms with van der Waals surface area (Å²) in [5, 5.41) is 9.00. The molecule has 2 rings (SSSR count). The number of rotatable bonds is 5. The molecule has 0 bridgehead atoms. The van der Waals surface area contributed by atoms with Crippen LogP contribution in [-0.2, 0) is 11.4 Å². The van der Waals surface area contributed by atoms with Gasteiger partial charge in [0, 0.05) is 18.0 Å². The van der Waals surface area contributed by atoms with E-state index >= 15 is 0 Å². The minimum atomic E-state index is 0.0638. The summed E-state index contributed by atoms with van der Waals surface area (Å²) >= 11 is 1.57. The van der Waals surface area contributed by atoms with E-state index < -0.39 is 0 Å². The maximum atomic E-state index is 12.2. The van der Waals surface area contributed by atoms with Gasteiger partial charge in [-0.2, -0.15) is 0 Å². The van der Waals surface area contributed by atoms with Gasteiger partial charge in [-0.05, 0) is 30.5 Å². The number of carbonyl (C=O) groups is 1. The second kappa shape index (κ2) is 7.70. The molecular formula is C16H23NO2S. The minimum Gasteiger partial charge on any atom is -0.392 e. The first-order chi connectivity index (χ1) is 9.70. The quantitative estimate of drug-likeness (QED) is 0.848. The van der Waals surface area contributed by atoms with Crippen molar-refractivity contribution in [2.24, 2.45) is 0 Å². The van der Waals surface area contributed by atoms with Crippen molar-refractivity contribution in [1.82, 2.24) is 4.90 Å². The molecule has 1 aromatic rings. The number of carbonyl (C=O) groups excluding carboxylic acids is 1. The Morgan fingerprint density at radius 1 is 1.25 bits per heavy atom. The molecule has 0 atom stereocenters. The molecule has 3 nitrogen and oxygen atoms in total. The first-order valence-electron chi connectivity index (χ1n) is 7.29. The molecule has 0 spiro atoms. The Hall–Kier alpha value is -1.00. The van der Waals surface area contributed by atoms with E-state index in [9.17, 15) is 4.79 Å². The first kappa shape index (κ1) is 15.4. The predicted molar refractivity (Wildman–Crippen MR) is 82.7 cm³/mol. The molecule has 1 N–H and O–H groups in total. The summed E-state index contributed by atoms with van der Waals surface area (Å²) in [6.45, 7) is 0.0638. The molecule has 1 aromatic carbocycles. The lowest BCUT2D eigenvalue weighted by atomic mass is 9.94. The molecule has 1 aliphatic rings. The summed E-state index contributed by atoms with van der Waals surface area (Å²) < 4.78 is 0. The fourth-order valence-electron chi connectivity index (χ4n) is 2.61. The second-order valence-electron chi connectivity index (χ2n) is 5.39. The highest BCUT2D eigenvalue weighted by atomic mass is 32.2. The molecule has 1 fully saturated rings. The van der Waals surface area contributed by atoms with Crippen molar-refractivity contribution < 1.29 is 9.90 Å². The van der Waals surface area contributed by atoms with Gasteiger partial charge in [0.2, 0.25) is 5.91 Å². The molecule has 0 saturated heterocycles. The average Bonchev–Trinajstić information content (AvgIpc) is 2.53. The zero-order chi connectivity index (χ0) is 14.4. The molecule has 1 amide bonds. The number of nitrogens with zero attached hydrogens (tertiary/aromatic N) is 1. The number of amides is 1. The predicted octanol–water partition coefficient (Wildman–Crippen LogP) is 3.06. The largest absolute Gasteiger partial charge is 0.392 e. The Labute approximate surface area is 125 Å². The van der Waals surface area contributed by atoms with Crippen molar-refractivity contribution in [3.8, 4) is 0 Å². The van der Waals surface area contributed by atoms with Crippen LogP contribution >= 0.6 is 11.8 Å². The molecule has 1 saturated carbocycles. The first-order valence-corrected chi connectivity index (χ1v) is 8.27. The lowest BCUT2D eigenvalue weighted by Crippen LogP contribution is -2.39. The van der Waals surface area contributed by atoms with Crippen LogP contribution in [-0.4, -0.2) is 34.8 Å². The SMILES string of the molecule is CN(C(=O)CSc1ccc(CO)cc1)C1CCCCC1. The molecule has 20 heavy (non-hydrogen) atoms. The number of benzene rings is 1. The lowest BCUT2D eigenvalue weighted by molar-refractivity contribution is -0.129.